The first-order chi connectivity index (χ1) is 9.16. The lowest BCUT2D eigenvalue weighted by atomic mass is 9.85. The van der Waals surface area contributed by atoms with Crippen molar-refractivity contribution in [1.82, 2.24) is 5.32 Å². The summed E-state index contributed by atoms with van der Waals surface area (Å²) in [6, 6.07) is 10.8. The van der Waals surface area contributed by atoms with Crippen molar-refractivity contribution in [2.75, 3.05) is 6.54 Å². The third-order valence-electron chi connectivity index (χ3n) is 3.56. The van der Waals surface area contributed by atoms with Gasteiger partial charge in [-0.25, -0.2) is 0 Å². The topological polar surface area (TPSA) is 52.5 Å². The first kappa shape index (κ1) is 12.3. The Kier molecular flexibility index (Phi) is 3.09. The van der Waals surface area contributed by atoms with Crippen LogP contribution in [0.4, 0.5) is 0 Å². The molecule has 1 atom stereocenters. The van der Waals surface area contributed by atoms with E-state index in [0.717, 1.165) is 29.2 Å². The predicted molar refractivity (Wildman–Crippen MR) is 74.8 cm³/mol. The van der Waals surface area contributed by atoms with Crippen LogP contribution in [0.5, 0.6) is 11.5 Å². The van der Waals surface area contributed by atoms with Crippen LogP contribution in [0.3, 0.4) is 0 Å². The Hall–Kier alpha value is -1.71. The zero-order chi connectivity index (χ0) is 13.4. The van der Waals surface area contributed by atoms with Crippen molar-refractivity contribution >= 4 is 11.6 Å². The Balaban J connectivity index is 2.10. The summed E-state index contributed by atoms with van der Waals surface area (Å²) in [5.41, 5.74) is 3.22. The Bertz CT molecular complexity index is 628. The molecule has 0 saturated carbocycles. The molecule has 1 heterocycles. The zero-order valence-electron chi connectivity index (χ0n) is 10.2. The van der Waals surface area contributed by atoms with Crippen molar-refractivity contribution in [3.8, 4) is 11.5 Å². The average Bonchev–Trinajstić information content (AvgIpc) is 2.42. The van der Waals surface area contributed by atoms with E-state index in [1.54, 1.807) is 6.07 Å². The van der Waals surface area contributed by atoms with Crippen LogP contribution >= 0.6 is 11.6 Å². The molecule has 3 rings (SSSR count). The normalized spacial score (nSPS) is 18.1. The van der Waals surface area contributed by atoms with Crippen molar-refractivity contribution < 1.29 is 10.2 Å². The summed E-state index contributed by atoms with van der Waals surface area (Å²) >= 11 is 6.32. The monoisotopic (exact) mass is 275 g/mol. The summed E-state index contributed by atoms with van der Waals surface area (Å²) in [7, 11) is 0. The van der Waals surface area contributed by atoms with E-state index in [0.29, 0.717) is 0 Å². The highest BCUT2D eigenvalue weighted by atomic mass is 35.5. The van der Waals surface area contributed by atoms with E-state index in [1.165, 1.54) is 11.6 Å². The molecule has 98 valence electrons. The smallest absolute Gasteiger partial charge is 0.157 e. The number of aromatic hydroxyl groups is 2. The van der Waals surface area contributed by atoms with Gasteiger partial charge in [-0.05, 0) is 34.9 Å². The van der Waals surface area contributed by atoms with Crippen LogP contribution in [0.15, 0.2) is 36.4 Å². The Morgan fingerprint density at radius 3 is 2.74 bits per heavy atom. The molecule has 3 N–H and O–H groups in total. The van der Waals surface area contributed by atoms with Crippen LogP contribution in [0.1, 0.15) is 22.6 Å². The number of benzene rings is 2. The first-order valence-corrected chi connectivity index (χ1v) is 6.54. The fourth-order valence-corrected chi connectivity index (χ4v) is 2.95. The number of rotatable bonds is 1. The Morgan fingerprint density at radius 1 is 1.11 bits per heavy atom. The van der Waals surface area contributed by atoms with Crippen molar-refractivity contribution in [1.29, 1.82) is 0 Å². The number of phenols is 2. The second-order valence-corrected chi connectivity index (χ2v) is 5.15. The van der Waals surface area contributed by atoms with Crippen LogP contribution in [-0.4, -0.2) is 16.8 Å². The van der Waals surface area contributed by atoms with Crippen LogP contribution in [0.2, 0.25) is 5.02 Å². The Morgan fingerprint density at radius 2 is 1.95 bits per heavy atom. The summed E-state index contributed by atoms with van der Waals surface area (Å²) < 4.78 is 0. The number of halogens is 1. The van der Waals surface area contributed by atoms with Gasteiger partial charge in [0.05, 0.1) is 0 Å². The SMILES string of the molecule is Oc1ccc(C2CNCc3cccc(Cl)c32)cc1O. The second kappa shape index (κ2) is 4.76. The van der Waals surface area contributed by atoms with Gasteiger partial charge in [-0.1, -0.05) is 29.8 Å². The highest BCUT2D eigenvalue weighted by Gasteiger charge is 2.24. The summed E-state index contributed by atoms with van der Waals surface area (Å²) in [6.45, 7) is 1.57. The highest BCUT2D eigenvalue weighted by Crippen LogP contribution is 2.37. The summed E-state index contributed by atoms with van der Waals surface area (Å²) in [5, 5.41) is 23.1. The molecule has 3 nitrogen and oxygen atoms in total. The minimum atomic E-state index is -0.105. The molecule has 0 aromatic heterocycles. The molecule has 4 heteroatoms. The second-order valence-electron chi connectivity index (χ2n) is 4.74. The van der Waals surface area contributed by atoms with Crippen LogP contribution in [0.25, 0.3) is 0 Å². The van der Waals surface area contributed by atoms with Gasteiger partial charge in [0.25, 0.3) is 0 Å². The van der Waals surface area contributed by atoms with E-state index in [2.05, 4.69) is 11.4 Å². The van der Waals surface area contributed by atoms with E-state index in [1.807, 2.05) is 18.2 Å². The molecular weight excluding hydrogens is 262 g/mol. The molecule has 0 fully saturated rings. The van der Waals surface area contributed by atoms with Crippen molar-refractivity contribution in [2.45, 2.75) is 12.5 Å². The lowest BCUT2D eigenvalue weighted by Crippen LogP contribution is -2.29. The van der Waals surface area contributed by atoms with Crippen molar-refractivity contribution in [3.63, 3.8) is 0 Å². The fourth-order valence-electron chi connectivity index (χ4n) is 2.62. The predicted octanol–water partition coefficient (Wildman–Crippen LogP) is 2.99. The van der Waals surface area contributed by atoms with Crippen LogP contribution in [-0.2, 0) is 6.54 Å². The lowest BCUT2D eigenvalue weighted by molar-refractivity contribution is 0.402. The molecule has 1 aliphatic heterocycles. The minimum absolute atomic E-state index is 0.0870. The van der Waals surface area contributed by atoms with E-state index in [9.17, 15) is 10.2 Å². The van der Waals surface area contributed by atoms with Crippen molar-refractivity contribution in [2.24, 2.45) is 0 Å². The first-order valence-electron chi connectivity index (χ1n) is 6.16. The Labute approximate surface area is 116 Å². The molecule has 0 saturated heterocycles. The van der Waals surface area contributed by atoms with Crippen molar-refractivity contribution in [3.05, 3.63) is 58.1 Å². The minimum Gasteiger partial charge on any atom is -0.504 e. The molecule has 0 amide bonds. The van der Waals surface area contributed by atoms with Gasteiger partial charge in [-0.2, -0.15) is 0 Å². The van der Waals surface area contributed by atoms with Gasteiger partial charge in [0.2, 0.25) is 0 Å². The summed E-state index contributed by atoms with van der Waals surface area (Å²) in [4.78, 5) is 0. The van der Waals surface area contributed by atoms with Gasteiger partial charge in [0.15, 0.2) is 11.5 Å². The van der Waals surface area contributed by atoms with Gasteiger partial charge >= 0.3 is 0 Å². The largest absolute Gasteiger partial charge is 0.504 e. The molecule has 2 aromatic rings. The molecule has 0 spiro atoms. The third-order valence-corrected chi connectivity index (χ3v) is 3.89. The molecular formula is C15H14ClNO2. The van der Waals surface area contributed by atoms with Gasteiger partial charge in [0.1, 0.15) is 0 Å². The molecule has 0 aliphatic carbocycles. The maximum atomic E-state index is 9.64. The van der Waals surface area contributed by atoms with Gasteiger partial charge in [0, 0.05) is 24.0 Å². The van der Waals surface area contributed by atoms with Gasteiger partial charge in [-0.15, -0.1) is 0 Å². The molecule has 19 heavy (non-hydrogen) atoms. The number of phenolic OH excluding ortho intramolecular Hbond substituents is 2. The summed E-state index contributed by atoms with van der Waals surface area (Å²) in [6.07, 6.45) is 0. The van der Waals surface area contributed by atoms with Gasteiger partial charge < -0.3 is 15.5 Å². The van der Waals surface area contributed by atoms with Gasteiger partial charge in [-0.3, -0.25) is 0 Å². The molecule has 1 aliphatic rings. The van der Waals surface area contributed by atoms with Crippen LogP contribution in [0, 0.1) is 0 Å². The third kappa shape index (κ3) is 2.15. The van der Waals surface area contributed by atoms with E-state index >= 15 is 0 Å². The maximum absolute atomic E-state index is 9.64. The molecule has 0 radical (unpaired) electrons. The number of hydrogen-bond donors (Lipinski definition) is 3. The lowest BCUT2D eigenvalue weighted by Gasteiger charge is -2.28. The standard InChI is InChI=1S/C15H14ClNO2/c16-12-3-1-2-10-7-17-8-11(15(10)12)9-4-5-13(18)14(19)6-9/h1-6,11,17-19H,7-8H2. The quantitative estimate of drug-likeness (QED) is 0.702. The maximum Gasteiger partial charge on any atom is 0.157 e. The van der Waals surface area contributed by atoms with E-state index in [-0.39, 0.29) is 17.4 Å². The fraction of sp³-hybridized carbons (Fsp3) is 0.200. The van der Waals surface area contributed by atoms with E-state index < -0.39 is 0 Å². The number of hydrogen-bond acceptors (Lipinski definition) is 3. The molecule has 0 bridgehead atoms. The van der Waals surface area contributed by atoms with Crippen LogP contribution < -0.4 is 5.32 Å². The highest BCUT2D eigenvalue weighted by molar-refractivity contribution is 6.31. The average molecular weight is 276 g/mol. The van der Waals surface area contributed by atoms with E-state index in [4.69, 9.17) is 11.6 Å². The summed E-state index contributed by atoms with van der Waals surface area (Å²) in [5.74, 6) is -0.118. The number of fused-ring (bicyclic) bond motifs is 1. The number of nitrogens with one attached hydrogen (secondary N) is 1. The molecule has 1 unspecified atom stereocenters. The molecule has 2 aromatic carbocycles. The zero-order valence-corrected chi connectivity index (χ0v) is 11.0.